The number of hydrogen-bond acceptors (Lipinski definition) is 0. The molecule has 4 heteroatoms. The first kappa shape index (κ1) is 47.7. The molecule has 2 radical (unpaired) electrons. The number of fused-ring (bicyclic) bond motifs is 5. The third-order valence-corrected chi connectivity index (χ3v) is 13.2. The van der Waals surface area contributed by atoms with Gasteiger partial charge in [0.1, 0.15) is 0 Å². The minimum atomic E-state index is -0.826. The van der Waals surface area contributed by atoms with Crippen molar-refractivity contribution in [1.29, 1.82) is 0 Å². The number of aryl methyl sites for hydroxylation is 4. The van der Waals surface area contributed by atoms with Gasteiger partial charge in [-0.3, -0.25) is 0 Å². The molecular weight excluding hydrogens is 887 g/mol. The third-order valence-electron chi connectivity index (χ3n) is 11.8. The maximum atomic E-state index is 4.93. The predicted octanol–water partition coefficient (Wildman–Crippen LogP) is 15.6. The summed E-state index contributed by atoms with van der Waals surface area (Å²) < 4.78 is 0. The fraction of sp³-hybridized carbons (Fsp3) is 0.276. The van der Waals surface area contributed by atoms with Crippen molar-refractivity contribution in [2.75, 3.05) is 0 Å². The van der Waals surface area contributed by atoms with Gasteiger partial charge in [0.05, 0.1) is 9.52 Å². The molecule has 0 unspecified atom stereocenters. The van der Waals surface area contributed by atoms with E-state index in [0.29, 0.717) is 11.8 Å². The van der Waals surface area contributed by atoms with E-state index in [4.69, 9.17) is 17.0 Å². The zero-order chi connectivity index (χ0) is 44.2. The van der Waals surface area contributed by atoms with Gasteiger partial charge in [-0.2, -0.15) is 41.6 Å². The first-order valence-corrected chi connectivity index (χ1v) is 29.9. The first-order chi connectivity index (χ1) is 30.1. The molecule has 0 fully saturated rings. The second-order valence-electron chi connectivity index (χ2n) is 17.1. The van der Waals surface area contributed by atoms with Crippen LogP contribution in [0.15, 0.2) is 140 Å². The zero-order valence-corrected chi connectivity index (χ0v) is 42.9. The molecule has 0 aromatic heterocycles. The van der Waals surface area contributed by atoms with E-state index in [1.165, 1.54) is 98.7 Å². The quantitative estimate of drug-likeness (QED) is 0.0947. The Kier molecular flexibility index (Phi) is 17.9. The van der Waals surface area contributed by atoms with Crippen molar-refractivity contribution in [3.63, 3.8) is 0 Å². The number of rotatable bonds is 10. The standard InChI is InChI=1S/2C23H27.C12H7Si.2ClH.Zr/c2*1-5-18-9-7-8-10-21(18)23-19(6-2)11-12-20-14-17(13-16(3)4)15-22(20)23;1-3-7-11-9(5-1)10-6-2-4-8-12(10)13-11;;;/h2*7-12,14-16H,5-6,13H2,1-4H3;1-7H;2*1H;/q3*-1;;;+2/p-2. The van der Waals surface area contributed by atoms with E-state index in [9.17, 15) is 0 Å². The van der Waals surface area contributed by atoms with Crippen LogP contribution in [0.4, 0.5) is 0 Å². The molecular formula is C58H61Cl2SiZr-3. The van der Waals surface area contributed by atoms with Crippen LogP contribution in [0, 0.1) is 17.9 Å². The van der Waals surface area contributed by atoms with Crippen molar-refractivity contribution < 1.29 is 20.8 Å². The Bertz CT molecular complexity index is 2490. The fourth-order valence-corrected chi connectivity index (χ4v) is 10.4. The fourth-order valence-electron chi connectivity index (χ4n) is 9.05. The topological polar surface area (TPSA) is 0 Å². The zero-order valence-electron chi connectivity index (χ0n) is 37.9. The van der Waals surface area contributed by atoms with Gasteiger partial charge in [0, 0.05) is 0 Å². The Labute approximate surface area is 394 Å². The average Bonchev–Trinajstić information content (AvgIpc) is 4.00. The second kappa shape index (κ2) is 23.2. The van der Waals surface area contributed by atoms with E-state index in [1.807, 2.05) is 6.07 Å². The average molecular weight is 948 g/mol. The molecule has 0 nitrogen and oxygen atoms in total. The molecule has 1 heterocycles. The molecule has 0 spiro atoms. The summed E-state index contributed by atoms with van der Waals surface area (Å²) >= 11 is -0.826. The van der Waals surface area contributed by atoms with Crippen LogP contribution < -0.4 is 10.4 Å². The van der Waals surface area contributed by atoms with Crippen molar-refractivity contribution in [3.05, 3.63) is 179 Å². The Morgan fingerprint density at radius 2 is 0.935 bits per heavy atom. The number of halogens is 2. The first-order valence-electron chi connectivity index (χ1n) is 22.6. The van der Waals surface area contributed by atoms with E-state index >= 15 is 0 Å². The summed E-state index contributed by atoms with van der Waals surface area (Å²) in [6, 6.07) is 54.8. The van der Waals surface area contributed by atoms with Crippen LogP contribution in [0.1, 0.15) is 88.8 Å². The minimum absolute atomic E-state index is 0.698. The van der Waals surface area contributed by atoms with Gasteiger partial charge >= 0.3 is 37.9 Å². The monoisotopic (exact) mass is 945 g/mol. The molecule has 62 heavy (non-hydrogen) atoms. The van der Waals surface area contributed by atoms with Gasteiger partial charge in [0.25, 0.3) is 0 Å². The summed E-state index contributed by atoms with van der Waals surface area (Å²) in [6.45, 7) is 18.2. The SMILES string of the molecule is CCc1ccccc1-c1c(CC)ccc2[cH-]c(CC(C)C)cc12.CCc1ccccc1-c1c(CC)ccc2[cH-]c(CC(C)C)cc12.[Cl][Zr][Cl].[c-]1cccc2c1[Si]c1ccccc1-2. The van der Waals surface area contributed by atoms with Crippen molar-refractivity contribution in [2.24, 2.45) is 11.8 Å². The second-order valence-corrected chi connectivity index (χ2v) is 22.1. The van der Waals surface area contributed by atoms with Gasteiger partial charge in [-0.25, -0.2) is 0 Å². The van der Waals surface area contributed by atoms with Gasteiger partial charge in [-0.05, 0) is 72.6 Å². The molecule has 0 saturated carbocycles. The van der Waals surface area contributed by atoms with Crippen molar-refractivity contribution in [1.82, 2.24) is 0 Å². The molecule has 0 amide bonds. The molecule has 318 valence electrons. The minimum Gasteiger partial charge on any atom is -0.184 e. The summed E-state index contributed by atoms with van der Waals surface area (Å²) in [6.07, 6.45) is 6.63. The van der Waals surface area contributed by atoms with Gasteiger partial charge in [-0.1, -0.05) is 161 Å². The molecule has 1 aliphatic heterocycles. The summed E-state index contributed by atoms with van der Waals surface area (Å²) in [7, 11) is 10.7. The number of benzene rings is 6. The molecule has 0 saturated heterocycles. The van der Waals surface area contributed by atoms with Crippen LogP contribution >= 0.6 is 17.0 Å². The largest absolute Gasteiger partial charge is 0.184 e. The number of hydrogen-bond donors (Lipinski definition) is 0. The van der Waals surface area contributed by atoms with E-state index in [1.54, 1.807) is 0 Å². The van der Waals surface area contributed by atoms with Gasteiger partial charge in [0.2, 0.25) is 0 Å². The van der Waals surface area contributed by atoms with Crippen LogP contribution in [0.5, 0.6) is 0 Å². The molecule has 1 aliphatic rings. The summed E-state index contributed by atoms with van der Waals surface area (Å²) in [4.78, 5) is 0. The van der Waals surface area contributed by atoms with Crippen molar-refractivity contribution in [2.45, 2.75) is 93.9 Å². The van der Waals surface area contributed by atoms with Gasteiger partial charge in [0.15, 0.2) is 0 Å². The normalized spacial score (nSPS) is 11.4. The summed E-state index contributed by atoms with van der Waals surface area (Å²) in [5, 5.41) is 8.46. The summed E-state index contributed by atoms with van der Waals surface area (Å²) in [5.41, 5.74) is 17.3. The van der Waals surface area contributed by atoms with E-state index in [-0.39, 0.29) is 0 Å². The molecule has 0 N–H and O–H groups in total. The van der Waals surface area contributed by atoms with Crippen LogP contribution in [0.25, 0.3) is 54.9 Å². The molecule has 8 aromatic rings. The molecule has 8 aromatic carbocycles. The Morgan fingerprint density at radius 1 is 0.516 bits per heavy atom. The van der Waals surface area contributed by atoms with Gasteiger partial charge < -0.3 is 0 Å². The van der Waals surface area contributed by atoms with Crippen LogP contribution in [-0.4, -0.2) is 9.52 Å². The maximum Gasteiger partial charge on any atom is 0.0920 e. The third kappa shape index (κ3) is 11.5. The molecule has 0 aliphatic carbocycles. The van der Waals surface area contributed by atoms with Crippen LogP contribution in [0.3, 0.4) is 0 Å². The Hall–Kier alpha value is -3.78. The molecule has 9 rings (SSSR count). The van der Waals surface area contributed by atoms with E-state index in [0.717, 1.165) is 48.0 Å². The van der Waals surface area contributed by atoms with E-state index in [2.05, 4.69) is 195 Å². The predicted molar refractivity (Wildman–Crippen MR) is 272 cm³/mol. The Morgan fingerprint density at radius 3 is 1.39 bits per heavy atom. The smallest absolute Gasteiger partial charge is 0.0920 e. The Balaban J connectivity index is 0.000000155. The van der Waals surface area contributed by atoms with Gasteiger partial charge in [-0.15, -0.1) is 74.6 Å². The van der Waals surface area contributed by atoms with E-state index < -0.39 is 20.8 Å². The molecule has 0 bridgehead atoms. The van der Waals surface area contributed by atoms with Crippen LogP contribution in [-0.2, 0) is 59.4 Å². The van der Waals surface area contributed by atoms with Crippen molar-refractivity contribution in [3.8, 4) is 33.4 Å². The van der Waals surface area contributed by atoms with Crippen molar-refractivity contribution >= 4 is 58.5 Å². The summed E-state index contributed by atoms with van der Waals surface area (Å²) in [5.74, 6) is 1.40. The maximum absolute atomic E-state index is 4.93. The molecule has 0 atom stereocenters. The van der Waals surface area contributed by atoms with Crippen LogP contribution in [0.2, 0.25) is 0 Å².